The van der Waals surface area contributed by atoms with Crippen LogP contribution in [0.3, 0.4) is 0 Å². The van der Waals surface area contributed by atoms with Crippen molar-refractivity contribution < 1.29 is 0 Å². The van der Waals surface area contributed by atoms with Crippen molar-refractivity contribution in [2.24, 2.45) is 5.92 Å². The van der Waals surface area contributed by atoms with Gasteiger partial charge in [0.2, 0.25) is 0 Å². The van der Waals surface area contributed by atoms with Gasteiger partial charge in [-0.25, -0.2) is 0 Å². The van der Waals surface area contributed by atoms with Gasteiger partial charge >= 0.3 is 0 Å². The molecule has 1 heterocycles. The zero-order valence-electron chi connectivity index (χ0n) is 11.4. The van der Waals surface area contributed by atoms with Crippen molar-refractivity contribution in [1.82, 2.24) is 4.90 Å². The van der Waals surface area contributed by atoms with E-state index in [2.05, 4.69) is 30.0 Å². The van der Waals surface area contributed by atoms with Gasteiger partial charge in [0.25, 0.3) is 0 Å². The molecule has 2 fully saturated rings. The quantitative estimate of drug-likeness (QED) is 0.808. The van der Waals surface area contributed by atoms with Crippen molar-refractivity contribution in [1.29, 1.82) is 0 Å². The second kappa shape index (κ2) is 4.93. The summed E-state index contributed by atoms with van der Waals surface area (Å²) in [4.78, 5) is 2.69. The SMILES string of the molecule is Cc1ccc(CN2CCC3CCCCC32)cc1N. The highest BCUT2D eigenvalue weighted by atomic mass is 15.2. The largest absolute Gasteiger partial charge is 0.399 e. The molecule has 0 aromatic heterocycles. The molecule has 2 nitrogen and oxygen atoms in total. The Kier molecular flexibility index (Phi) is 3.29. The molecule has 0 bridgehead atoms. The number of likely N-dealkylation sites (tertiary alicyclic amines) is 1. The maximum atomic E-state index is 6.01. The van der Waals surface area contributed by atoms with Gasteiger partial charge in [-0.15, -0.1) is 0 Å². The topological polar surface area (TPSA) is 29.3 Å². The number of aryl methyl sites for hydroxylation is 1. The van der Waals surface area contributed by atoms with Crippen LogP contribution in [0.1, 0.15) is 43.2 Å². The Morgan fingerprint density at radius 2 is 2.06 bits per heavy atom. The van der Waals surface area contributed by atoms with Crippen LogP contribution in [0.15, 0.2) is 18.2 Å². The molecule has 2 aliphatic rings. The molecule has 1 saturated heterocycles. The number of nitrogen functional groups attached to an aromatic ring is 1. The molecule has 18 heavy (non-hydrogen) atoms. The van der Waals surface area contributed by atoms with E-state index in [-0.39, 0.29) is 0 Å². The summed E-state index contributed by atoms with van der Waals surface area (Å²) in [7, 11) is 0. The van der Waals surface area contributed by atoms with Gasteiger partial charge in [-0.2, -0.15) is 0 Å². The van der Waals surface area contributed by atoms with Crippen LogP contribution >= 0.6 is 0 Å². The van der Waals surface area contributed by atoms with Crippen LogP contribution in [-0.2, 0) is 6.54 Å². The molecule has 1 aliphatic heterocycles. The molecule has 0 spiro atoms. The van der Waals surface area contributed by atoms with Crippen molar-refractivity contribution in [3.8, 4) is 0 Å². The van der Waals surface area contributed by atoms with E-state index in [0.717, 1.165) is 24.2 Å². The van der Waals surface area contributed by atoms with Gasteiger partial charge in [0.15, 0.2) is 0 Å². The lowest BCUT2D eigenvalue weighted by Gasteiger charge is -2.31. The molecule has 1 saturated carbocycles. The molecule has 1 aliphatic carbocycles. The van der Waals surface area contributed by atoms with Gasteiger partial charge in [-0.05, 0) is 55.8 Å². The maximum absolute atomic E-state index is 6.01. The Morgan fingerprint density at radius 3 is 2.89 bits per heavy atom. The minimum atomic E-state index is 0.848. The summed E-state index contributed by atoms with van der Waals surface area (Å²) < 4.78 is 0. The first-order valence-electron chi connectivity index (χ1n) is 7.33. The number of benzene rings is 1. The van der Waals surface area contributed by atoms with Crippen LogP contribution in [0.25, 0.3) is 0 Å². The number of rotatable bonds is 2. The van der Waals surface area contributed by atoms with Gasteiger partial charge in [0, 0.05) is 18.3 Å². The molecule has 2 heteroatoms. The molecule has 98 valence electrons. The van der Waals surface area contributed by atoms with Crippen molar-refractivity contribution in [2.45, 2.75) is 51.6 Å². The van der Waals surface area contributed by atoms with Crippen molar-refractivity contribution in [2.75, 3.05) is 12.3 Å². The van der Waals surface area contributed by atoms with E-state index in [1.807, 2.05) is 0 Å². The molecule has 1 aromatic rings. The number of hydrogen-bond acceptors (Lipinski definition) is 2. The highest BCUT2D eigenvalue weighted by Crippen LogP contribution is 2.36. The molecule has 2 N–H and O–H groups in total. The van der Waals surface area contributed by atoms with Gasteiger partial charge in [-0.3, -0.25) is 4.90 Å². The lowest BCUT2D eigenvalue weighted by molar-refractivity contribution is 0.176. The predicted octanol–water partition coefficient (Wildman–Crippen LogP) is 3.34. The third kappa shape index (κ3) is 2.26. The summed E-state index contributed by atoms with van der Waals surface area (Å²) in [6.45, 7) is 4.45. The zero-order valence-corrected chi connectivity index (χ0v) is 11.4. The van der Waals surface area contributed by atoms with E-state index in [4.69, 9.17) is 5.73 Å². The first-order valence-corrected chi connectivity index (χ1v) is 7.33. The lowest BCUT2D eigenvalue weighted by atomic mass is 9.85. The molecular weight excluding hydrogens is 220 g/mol. The van der Waals surface area contributed by atoms with Crippen LogP contribution < -0.4 is 5.73 Å². The number of anilines is 1. The first-order chi connectivity index (χ1) is 8.74. The fraction of sp³-hybridized carbons (Fsp3) is 0.625. The van der Waals surface area contributed by atoms with E-state index in [0.29, 0.717) is 0 Å². The van der Waals surface area contributed by atoms with Crippen molar-refractivity contribution in [3.63, 3.8) is 0 Å². The molecule has 2 atom stereocenters. The third-order valence-electron chi connectivity index (χ3n) is 4.85. The Labute approximate surface area is 110 Å². The number of hydrogen-bond donors (Lipinski definition) is 1. The summed E-state index contributed by atoms with van der Waals surface area (Å²) in [6.07, 6.45) is 7.15. The number of nitrogens with two attached hydrogens (primary N) is 1. The number of fused-ring (bicyclic) bond motifs is 1. The molecule has 0 radical (unpaired) electrons. The van der Waals surface area contributed by atoms with Gasteiger partial charge in [-0.1, -0.05) is 25.0 Å². The molecule has 1 aromatic carbocycles. The van der Waals surface area contributed by atoms with E-state index < -0.39 is 0 Å². The summed E-state index contributed by atoms with van der Waals surface area (Å²) in [6, 6.07) is 7.40. The lowest BCUT2D eigenvalue weighted by Crippen LogP contribution is -2.34. The van der Waals surface area contributed by atoms with Gasteiger partial charge in [0.1, 0.15) is 0 Å². The summed E-state index contributed by atoms with van der Waals surface area (Å²) in [5.74, 6) is 0.974. The molecule has 3 rings (SSSR count). The van der Waals surface area contributed by atoms with Crippen LogP contribution in [0.4, 0.5) is 5.69 Å². The van der Waals surface area contributed by atoms with Crippen molar-refractivity contribution in [3.05, 3.63) is 29.3 Å². The maximum Gasteiger partial charge on any atom is 0.0346 e. The minimum absolute atomic E-state index is 0.848. The van der Waals surface area contributed by atoms with Gasteiger partial charge in [0.05, 0.1) is 0 Å². The average molecular weight is 244 g/mol. The Balaban J connectivity index is 1.70. The van der Waals surface area contributed by atoms with E-state index in [1.165, 1.54) is 49.8 Å². The molecule has 2 unspecified atom stereocenters. The molecule has 0 amide bonds. The average Bonchev–Trinajstić information content (AvgIpc) is 2.78. The van der Waals surface area contributed by atoms with Crippen LogP contribution in [0, 0.1) is 12.8 Å². The van der Waals surface area contributed by atoms with E-state index in [1.54, 1.807) is 0 Å². The first kappa shape index (κ1) is 12.0. The standard InChI is InChI=1S/C16H24N2/c1-12-6-7-13(10-15(12)17)11-18-9-8-14-4-2-3-5-16(14)18/h6-7,10,14,16H,2-5,8-9,11,17H2,1H3. The third-order valence-corrected chi connectivity index (χ3v) is 4.85. The summed E-state index contributed by atoms with van der Waals surface area (Å²) in [5, 5.41) is 0. The van der Waals surface area contributed by atoms with E-state index in [9.17, 15) is 0 Å². The Hall–Kier alpha value is -1.02. The summed E-state index contributed by atoms with van der Waals surface area (Å²) in [5.41, 5.74) is 9.51. The fourth-order valence-electron chi connectivity index (χ4n) is 3.72. The van der Waals surface area contributed by atoms with Crippen LogP contribution in [-0.4, -0.2) is 17.5 Å². The smallest absolute Gasteiger partial charge is 0.0346 e. The van der Waals surface area contributed by atoms with Crippen LogP contribution in [0.5, 0.6) is 0 Å². The highest BCUT2D eigenvalue weighted by molar-refractivity contribution is 5.48. The van der Waals surface area contributed by atoms with E-state index >= 15 is 0 Å². The Bertz CT molecular complexity index is 427. The summed E-state index contributed by atoms with van der Waals surface area (Å²) >= 11 is 0. The fourth-order valence-corrected chi connectivity index (χ4v) is 3.72. The second-order valence-corrected chi connectivity index (χ2v) is 6.06. The monoisotopic (exact) mass is 244 g/mol. The predicted molar refractivity (Wildman–Crippen MR) is 76.4 cm³/mol. The number of nitrogens with zero attached hydrogens (tertiary/aromatic N) is 1. The molecular formula is C16H24N2. The Morgan fingerprint density at radius 1 is 1.22 bits per heavy atom. The normalized spacial score (nSPS) is 28.3. The zero-order chi connectivity index (χ0) is 12.5. The minimum Gasteiger partial charge on any atom is -0.399 e. The highest BCUT2D eigenvalue weighted by Gasteiger charge is 2.35. The second-order valence-electron chi connectivity index (χ2n) is 6.06. The van der Waals surface area contributed by atoms with Gasteiger partial charge < -0.3 is 5.73 Å². The van der Waals surface area contributed by atoms with Crippen LogP contribution in [0.2, 0.25) is 0 Å². The van der Waals surface area contributed by atoms with Crippen molar-refractivity contribution >= 4 is 5.69 Å².